The zero-order valence-electron chi connectivity index (χ0n) is 9.68. The molecule has 1 unspecified atom stereocenters. The Labute approximate surface area is 77.7 Å². The maximum Gasteiger partial charge on any atom is 0.0958 e. The Hall–Kier alpha value is -0.530. The van der Waals surface area contributed by atoms with Gasteiger partial charge in [0.2, 0.25) is 0 Å². The van der Waals surface area contributed by atoms with E-state index in [-0.39, 0.29) is 0 Å². The summed E-state index contributed by atoms with van der Waals surface area (Å²) in [4.78, 5) is 6.44. The second kappa shape index (κ2) is 8.57. The Balaban J connectivity index is 0. The van der Waals surface area contributed by atoms with Gasteiger partial charge in [0.25, 0.3) is 0 Å². The molecule has 1 atom stereocenters. The molecule has 1 aliphatic heterocycles. The van der Waals surface area contributed by atoms with Gasteiger partial charge in [-0.2, -0.15) is 0 Å². The molecule has 0 amide bonds. The summed E-state index contributed by atoms with van der Waals surface area (Å²) in [7, 11) is 2.08. The highest BCUT2D eigenvalue weighted by atomic mass is 15.2. The Kier molecular flexibility index (Phi) is 10.0. The van der Waals surface area contributed by atoms with Gasteiger partial charge >= 0.3 is 0 Å². The number of hydrogen-bond acceptors (Lipinski definition) is 2. The van der Waals surface area contributed by atoms with Crippen LogP contribution in [0.15, 0.2) is 4.99 Å². The van der Waals surface area contributed by atoms with Gasteiger partial charge in [-0.25, -0.2) is 0 Å². The van der Waals surface area contributed by atoms with Crippen LogP contribution in [-0.4, -0.2) is 30.4 Å². The summed E-state index contributed by atoms with van der Waals surface area (Å²) in [5, 5.41) is 0. The zero-order valence-corrected chi connectivity index (χ0v) is 9.68. The number of rotatable bonds is 0. The number of aliphatic imine (C=N–C) groups is 1. The van der Waals surface area contributed by atoms with Crippen LogP contribution in [0.2, 0.25) is 0 Å². The van der Waals surface area contributed by atoms with Gasteiger partial charge in [0.15, 0.2) is 0 Å². The van der Waals surface area contributed by atoms with Gasteiger partial charge in [0, 0.05) is 13.1 Å². The second-order valence-corrected chi connectivity index (χ2v) is 2.35. The quantitative estimate of drug-likeness (QED) is 0.548. The topological polar surface area (TPSA) is 15.6 Å². The predicted molar refractivity (Wildman–Crippen MR) is 57.9 cm³/mol. The maximum atomic E-state index is 4.24. The lowest BCUT2D eigenvalue weighted by Gasteiger charge is -2.16. The largest absolute Gasteiger partial charge is 0.359 e. The van der Waals surface area contributed by atoms with Gasteiger partial charge in [-0.3, -0.25) is 4.99 Å². The van der Waals surface area contributed by atoms with Crippen LogP contribution in [0.3, 0.4) is 0 Å². The Morgan fingerprint density at radius 3 is 1.75 bits per heavy atom. The zero-order chi connectivity index (χ0) is 10.1. The number of nitrogens with zero attached hydrogens (tertiary/aromatic N) is 2. The van der Waals surface area contributed by atoms with Gasteiger partial charge in [-0.1, -0.05) is 27.7 Å². The predicted octanol–water partition coefficient (Wildman–Crippen LogP) is 2.79. The normalized spacial score (nSPS) is 20.1. The number of amidine groups is 1. The average molecular weight is 172 g/mol. The van der Waals surface area contributed by atoms with E-state index in [1.807, 2.05) is 34.6 Å². The summed E-state index contributed by atoms with van der Waals surface area (Å²) in [6.45, 7) is 13.2. The van der Waals surface area contributed by atoms with Crippen molar-refractivity contribution in [3.05, 3.63) is 0 Å². The minimum Gasteiger partial charge on any atom is -0.359 e. The van der Waals surface area contributed by atoms with Crippen molar-refractivity contribution in [2.24, 2.45) is 4.99 Å². The van der Waals surface area contributed by atoms with E-state index < -0.39 is 0 Å². The second-order valence-electron chi connectivity index (χ2n) is 2.35. The van der Waals surface area contributed by atoms with E-state index in [0.29, 0.717) is 6.04 Å². The van der Waals surface area contributed by atoms with Gasteiger partial charge < -0.3 is 4.90 Å². The molecule has 74 valence electrons. The van der Waals surface area contributed by atoms with Crippen LogP contribution in [-0.2, 0) is 0 Å². The van der Waals surface area contributed by atoms with Crippen molar-refractivity contribution < 1.29 is 0 Å². The Bertz CT molecular complexity index is 119. The van der Waals surface area contributed by atoms with Gasteiger partial charge in [-0.15, -0.1) is 0 Å². The van der Waals surface area contributed by atoms with Crippen molar-refractivity contribution in [3.63, 3.8) is 0 Å². The fraction of sp³-hybridized carbons (Fsp3) is 0.900. The molecule has 0 radical (unpaired) electrons. The third-order valence-electron chi connectivity index (χ3n) is 1.76. The lowest BCUT2D eigenvalue weighted by Crippen LogP contribution is -2.28. The van der Waals surface area contributed by atoms with Crippen molar-refractivity contribution in [2.45, 2.75) is 47.6 Å². The van der Waals surface area contributed by atoms with E-state index in [9.17, 15) is 0 Å². The minimum atomic E-state index is 0.620. The van der Waals surface area contributed by atoms with Crippen molar-refractivity contribution >= 4 is 5.84 Å². The fourth-order valence-electron chi connectivity index (χ4n) is 0.817. The fourth-order valence-corrected chi connectivity index (χ4v) is 0.817. The third kappa shape index (κ3) is 4.37. The van der Waals surface area contributed by atoms with E-state index >= 15 is 0 Å². The molecule has 0 spiro atoms. The molecule has 0 fully saturated rings. The summed E-state index contributed by atoms with van der Waals surface area (Å²) in [6.07, 6.45) is 0. The molecular formula is C10H24N2. The van der Waals surface area contributed by atoms with Crippen LogP contribution in [0.25, 0.3) is 0 Å². The van der Waals surface area contributed by atoms with Gasteiger partial charge in [0.05, 0.1) is 12.4 Å². The first-order valence-electron chi connectivity index (χ1n) is 4.95. The highest BCUT2D eigenvalue weighted by molar-refractivity contribution is 5.81. The number of hydrogen-bond donors (Lipinski definition) is 0. The SMILES string of the molecule is CC.CC.CC1=NCC(C)N1C. The molecule has 1 heterocycles. The van der Waals surface area contributed by atoms with Gasteiger partial charge in [-0.05, 0) is 13.8 Å². The van der Waals surface area contributed by atoms with Crippen molar-refractivity contribution in [1.82, 2.24) is 4.90 Å². The summed E-state index contributed by atoms with van der Waals surface area (Å²) in [6, 6.07) is 0.620. The lowest BCUT2D eigenvalue weighted by molar-refractivity contribution is 0.431. The molecule has 2 nitrogen and oxygen atoms in total. The van der Waals surface area contributed by atoms with E-state index in [1.54, 1.807) is 0 Å². The van der Waals surface area contributed by atoms with Crippen molar-refractivity contribution in [3.8, 4) is 0 Å². The summed E-state index contributed by atoms with van der Waals surface area (Å²) in [5.74, 6) is 1.16. The van der Waals surface area contributed by atoms with E-state index in [4.69, 9.17) is 0 Å². The Morgan fingerprint density at radius 1 is 1.25 bits per heavy atom. The van der Waals surface area contributed by atoms with Crippen LogP contribution >= 0.6 is 0 Å². The molecule has 0 saturated carbocycles. The molecule has 0 aromatic carbocycles. The standard InChI is InChI=1S/C6H12N2.2C2H6/c1-5-4-7-6(2)8(5)3;2*1-2/h5H,4H2,1-3H3;2*1-2H3. The molecule has 1 aliphatic rings. The first-order chi connectivity index (χ1) is 5.72. The first-order valence-corrected chi connectivity index (χ1v) is 4.95. The average Bonchev–Trinajstić information content (AvgIpc) is 2.43. The van der Waals surface area contributed by atoms with Crippen LogP contribution in [0.5, 0.6) is 0 Å². The van der Waals surface area contributed by atoms with Crippen LogP contribution in [0.1, 0.15) is 41.5 Å². The molecule has 0 aromatic heterocycles. The summed E-state index contributed by atoms with van der Waals surface area (Å²) in [5.41, 5.74) is 0. The molecule has 12 heavy (non-hydrogen) atoms. The number of likely N-dealkylation sites (N-methyl/N-ethyl adjacent to an activating group) is 1. The molecule has 0 N–H and O–H groups in total. The minimum absolute atomic E-state index is 0.620. The van der Waals surface area contributed by atoms with Gasteiger partial charge in [0.1, 0.15) is 0 Å². The lowest BCUT2D eigenvalue weighted by atomic mass is 10.3. The molecule has 2 heteroatoms. The van der Waals surface area contributed by atoms with Crippen molar-refractivity contribution in [1.29, 1.82) is 0 Å². The first kappa shape index (κ1) is 14.0. The molecular weight excluding hydrogens is 148 g/mol. The highest BCUT2D eigenvalue weighted by Gasteiger charge is 2.14. The third-order valence-corrected chi connectivity index (χ3v) is 1.76. The Morgan fingerprint density at radius 2 is 1.67 bits per heavy atom. The highest BCUT2D eigenvalue weighted by Crippen LogP contribution is 2.04. The molecule has 0 saturated heterocycles. The summed E-state index contributed by atoms with van der Waals surface area (Å²) < 4.78 is 0. The van der Waals surface area contributed by atoms with Crippen LogP contribution in [0.4, 0.5) is 0 Å². The van der Waals surface area contributed by atoms with Crippen molar-refractivity contribution in [2.75, 3.05) is 13.6 Å². The van der Waals surface area contributed by atoms with E-state index in [2.05, 4.69) is 23.9 Å². The monoisotopic (exact) mass is 172 g/mol. The molecule has 0 aliphatic carbocycles. The van der Waals surface area contributed by atoms with Crippen LogP contribution < -0.4 is 0 Å². The van der Waals surface area contributed by atoms with E-state index in [1.165, 1.54) is 0 Å². The molecule has 0 bridgehead atoms. The molecule has 1 rings (SSSR count). The summed E-state index contributed by atoms with van der Waals surface area (Å²) >= 11 is 0. The smallest absolute Gasteiger partial charge is 0.0958 e. The van der Waals surface area contributed by atoms with Crippen LogP contribution in [0, 0.1) is 0 Å². The van der Waals surface area contributed by atoms with E-state index in [0.717, 1.165) is 12.4 Å². The maximum absolute atomic E-state index is 4.24. The molecule has 0 aromatic rings.